The summed E-state index contributed by atoms with van der Waals surface area (Å²) in [7, 11) is 0. The Kier molecular flexibility index (Phi) is 29.1. The summed E-state index contributed by atoms with van der Waals surface area (Å²) in [6.07, 6.45) is 75.6. The SMILES string of the molecule is C=CC=CCCC1(C=CC)CC1.C=CC=CCCC1(C=CC)CC1.C=CC=CCCC1(C=CC)CC1.C=CC=CCCC1(C=CC)CC1.CC=CCC=C1CCC(C)C1. The minimum Gasteiger partial charge on any atom is -0.0991 e. The molecule has 0 heteroatoms. The minimum absolute atomic E-state index is 0.584. The second-order valence-electron chi connectivity index (χ2n) is 17.8. The predicted octanol–water partition coefficient (Wildman–Crippen LogP) is 19.2. The van der Waals surface area contributed by atoms with Crippen molar-refractivity contribution < 1.29 is 0 Å². The van der Waals surface area contributed by atoms with Gasteiger partial charge in [0, 0.05) is 0 Å². The molecule has 0 saturated heterocycles. The summed E-state index contributed by atoms with van der Waals surface area (Å²) in [5.41, 5.74) is 4.01. The van der Waals surface area contributed by atoms with Gasteiger partial charge in [-0.3, -0.25) is 0 Å². The summed E-state index contributed by atoms with van der Waals surface area (Å²) in [4.78, 5) is 0. The first-order valence-electron chi connectivity index (χ1n) is 23.6. The molecular formula is C59H90. The van der Waals surface area contributed by atoms with E-state index in [0.717, 1.165) is 12.3 Å². The van der Waals surface area contributed by atoms with Crippen LogP contribution in [0.2, 0.25) is 0 Å². The molecule has 0 N–H and O–H groups in total. The van der Waals surface area contributed by atoms with Gasteiger partial charge in [-0.05, 0) is 191 Å². The first-order chi connectivity index (χ1) is 28.6. The third-order valence-electron chi connectivity index (χ3n) is 12.3. The Bertz CT molecular complexity index is 1270. The van der Waals surface area contributed by atoms with E-state index < -0.39 is 0 Å². The fraction of sp³-hybridized carbons (Fsp3) is 0.525. The van der Waals surface area contributed by atoms with Gasteiger partial charge in [0.2, 0.25) is 0 Å². The molecule has 1 atom stereocenters. The first kappa shape index (κ1) is 53.4. The molecule has 5 rings (SSSR count). The van der Waals surface area contributed by atoms with Crippen molar-refractivity contribution in [2.75, 3.05) is 0 Å². The van der Waals surface area contributed by atoms with Crippen molar-refractivity contribution in [3.63, 3.8) is 0 Å². The zero-order valence-electron chi connectivity index (χ0n) is 39.3. The Hall–Kier alpha value is -3.64. The van der Waals surface area contributed by atoms with Crippen LogP contribution in [0.15, 0.2) is 172 Å². The lowest BCUT2D eigenvalue weighted by Crippen LogP contribution is -1.93. The molecule has 0 aromatic heterocycles. The second kappa shape index (κ2) is 32.2. The lowest BCUT2D eigenvalue weighted by Gasteiger charge is -2.05. The van der Waals surface area contributed by atoms with Crippen molar-refractivity contribution in [3.05, 3.63) is 172 Å². The molecule has 5 saturated carbocycles. The van der Waals surface area contributed by atoms with Gasteiger partial charge in [-0.1, -0.05) is 179 Å². The Labute approximate surface area is 367 Å². The van der Waals surface area contributed by atoms with Gasteiger partial charge < -0.3 is 0 Å². The van der Waals surface area contributed by atoms with Gasteiger partial charge in [0.25, 0.3) is 0 Å². The number of rotatable bonds is 22. The zero-order valence-corrected chi connectivity index (χ0v) is 39.3. The van der Waals surface area contributed by atoms with Crippen LogP contribution in [0.1, 0.15) is 170 Å². The van der Waals surface area contributed by atoms with E-state index in [4.69, 9.17) is 0 Å². The van der Waals surface area contributed by atoms with E-state index >= 15 is 0 Å². The van der Waals surface area contributed by atoms with Crippen LogP contribution in [0.3, 0.4) is 0 Å². The molecule has 1 unspecified atom stereocenters. The van der Waals surface area contributed by atoms with Crippen molar-refractivity contribution in [2.45, 2.75) is 170 Å². The highest BCUT2D eigenvalue weighted by Gasteiger charge is 2.40. The van der Waals surface area contributed by atoms with Crippen LogP contribution in [0, 0.1) is 27.6 Å². The molecule has 0 bridgehead atoms. The third kappa shape index (κ3) is 27.0. The highest BCUT2D eigenvalue weighted by Crippen LogP contribution is 2.53. The van der Waals surface area contributed by atoms with E-state index in [0.29, 0.717) is 21.7 Å². The fourth-order valence-corrected chi connectivity index (χ4v) is 7.95. The number of hydrogen-bond acceptors (Lipinski definition) is 0. The normalized spacial score (nSPS) is 22.0. The molecule has 5 fully saturated rings. The summed E-state index contributed by atoms with van der Waals surface area (Å²) < 4.78 is 0. The van der Waals surface area contributed by atoms with Gasteiger partial charge in [0.1, 0.15) is 0 Å². The van der Waals surface area contributed by atoms with Crippen LogP contribution in [0.5, 0.6) is 0 Å². The highest BCUT2D eigenvalue weighted by atomic mass is 14.4. The lowest BCUT2D eigenvalue weighted by atomic mass is 9.99. The van der Waals surface area contributed by atoms with E-state index in [1.807, 2.05) is 48.6 Å². The Morgan fingerprint density at radius 1 is 0.458 bits per heavy atom. The van der Waals surface area contributed by atoms with Crippen molar-refractivity contribution in [3.8, 4) is 0 Å². The molecule has 0 spiro atoms. The van der Waals surface area contributed by atoms with Crippen molar-refractivity contribution >= 4 is 0 Å². The summed E-state index contributed by atoms with van der Waals surface area (Å²) >= 11 is 0. The molecular weight excluding hydrogens is 709 g/mol. The zero-order chi connectivity index (χ0) is 43.6. The topological polar surface area (TPSA) is 0 Å². The molecule has 0 radical (unpaired) electrons. The average Bonchev–Trinajstić information content (AvgIpc) is 4.08. The Balaban J connectivity index is 0.000000369. The minimum atomic E-state index is 0.584. The van der Waals surface area contributed by atoms with Crippen molar-refractivity contribution in [1.29, 1.82) is 0 Å². The number of allylic oxidation sites excluding steroid dienone is 24. The smallest absolute Gasteiger partial charge is 0.0115 e. The second-order valence-corrected chi connectivity index (χ2v) is 17.8. The lowest BCUT2D eigenvalue weighted by molar-refractivity contribution is 0.590. The fourth-order valence-electron chi connectivity index (χ4n) is 7.95. The van der Waals surface area contributed by atoms with Crippen LogP contribution in [-0.2, 0) is 0 Å². The molecule has 326 valence electrons. The maximum Gasteiger partial charge on any atom is -0.0115 e. The van der Waals surface area contributed by atoms with Crippen LogP contribution in [-0.4, -0.2) is 0 Å². The molecule has 0 aliphatic heterocycles. The monoisotopic (exact) mass is 799 g/mol. The molecule has 5 aliphatic rings. The first-order valence-corrected chi connectivity index (χ1v) is 23.6. The molecule has 0 heterocycles. The van der Waals surface area contributed by atoms with E-state index in [-0.39, 0.29) is 0 Å². The van der Waals surface area contributed by atoms with E-state index in [1.165, 1.54) is 122 Å². The molecule has 0 amide bonds. The van der Waals surface area contributed by atoms with Crippen molar-refractivity contribution in [1.82, 2.24) is 0 Å². The van der Waals surface area contributed by atoms with Crippen LogP contribution >= 0.6 is 0 Å². The van der Waals surface area contributed by atoms with Crippen molar-refractivity contribution in [2.24, 2.45) is 27.6 Å². The number of hydrogen-bond donors (Lipinski definition) is 0. The summed E-state index contributed by atoms with van der Waals surface area (Å²) in [5, 5.41) is 0. The standard InChI is InChI=1S/4C12H18.C11H18/c4*1-3-5-6-7-9-12(8-4-2)10-11-12;1-3-4-5-6-11-8-7-10(2)9-11/h4*3-6,8H,1,7,9-11H2,2H3;3-4,6,10H,5,7-9H2,1-2H3. The Morgan fingerprint density at radius 3 is 0.966 bits per heavy atom. The van der Waals surface area contributed by atoms with Gasteiger partial charge in [-0.2, -0.15) is 0 Å². The largest absolute Gasteiger partial charge is 0.0991 e. The Morgan fingerprint density at radius 2 is 0.763 bits per heavy atom. The highest BCUT2D eigenvalue weighted by molar-refractivity contribution is 5.13. The van der Waals surface area contributed by atoms with Gasteiger partial charge in [0.05, 0.1) is 0 Å². The molecule has 59 heavy (non-hydrogen) atoms. The summed E-state index contributed by atoms with van der Waals surface area (Å²) in [6, 6.07) is 0. The van der Waals surface area contributed by atoms with Crippen LogP contribution in [0.4, 0.5) is 0 Å². The molecule has 0 nitrogen and oxygen atoms in total. The van der Waals surface area contributed by atoms with Gasteiger partial charge in [0.15, 0.2) is 0 Å². The molecule has 0 aromatic carbocycles. The van der Waals surface area contributed by atoms with Crippen LogP contribution < -0.4 is 0 Å². The van der Waals surface area contributed by atoms with E-state index in [9.17, 15) is 0 Å². The third-order valence-corrected chi connectivity index (χ3v) is 12.3. The molecule has 0 aromatic rings. The maximum absolute atomic E-state index is 3.65. The molecule has 5 aliphatic carbocycles. The quantitative estimate of drug-likeness (QED) is 0.0756. The van der Waals surface area contributed by atoms with Gasteiger partial charge >= 0.3 is 0 Å². The van der Waals surface area contributed by atoms with E-state index in [1.54, 1.807) is 5.57 Å². The summed E-state index contributed by atoms with van der Waals surface area (Å²) in [5.74, 6) is 0.937. The summed E-state index contributed by atoms with van der Waals surface area (Å²) in [6.45, 7) is 27.4. The maximum atomic E-state index is 3.65. The predicted molar refractivity (Wildman–Crippen MR) is 271 cm³/mol. The van der Waals surface area contributed by atoms with Crippen LogP contribution in [0.25, 0.3) is 0 Å². The van der Waals surface area contributed by atoms with Gasteiger partial charge in [-0.15, -0.1) is 0 Å². The average molecular weight is 799 g/mol. The van der Waals surface area contributed by atoms with E-state index in [2.05, 4.69) is 159 Å². The van der Waals surface area contributed by atoms with Gasteiger partial charge in [-0.25, -0.2) is 0 Å².